The minimum absolute atomic E-state index is 0.0867. The molecule has 0 aliphatic carbocycles. The average Bonchev–Trinajstić information content (AvgIpc) is 2.44. The van der Waals surface area contributed by atoms with Crippen LogP contribution in [-0.4, -0.2) is 12.5 Å². The maximum Gasteiger partial charge on any atom is 0.262 e. The molecule has 21 heavy (non-hydrogen) atoms. The molecule has 1 amide bonds. The van der Waals surface area contributed by atoms with Crippen LogP contribution in [0.1, 0.15) is 0 Å². The molecule has 0 saturated carbocycles. The standard InChI is InChI=1S/C14H10F2N2O3/c15-8-2-1-7(3-9(8)16)21-12-5-11-13(4-10(12)17)20-6-14(19)18-11/h1-5H,6,17H2,(H,18,19). The molecule has 3 rings (SSSR count). The average molecular weight is 292 g/mol. The number of nitrogens with one attached hydrogen (secondary N) is 1. The largest absolute Gasteiger partial charge is 0.481 e. The highest BCUT2D eigenvalue weighted by Crippen LogP contribution is 2.38. The molecule has 0 fully saturated rings. The van der Waals surface area contributed by atoms with Crippen molar-refractivity contribution in [2.45, 2.75) is 0 Å². The summed E-state index contributed by atoms with van der Waals surface area (Å²) >= 11 is 0. The highest BCUT2D eigenvalue weighted by atomic mass is 19.2. The van der Waals surface area contributed by atoms with Crippen LogP contribution in [0.25, 0.3) is 0 Å². The van der Waals surface area contributed by atoms with Gasteiger partial charge in [0.05, 0.1) is 11.4 Å². The Hall–Kier alpha value is -2.83. The third-order valence-electron chi connectivity index (χ3n) is 2.86. The van der Waals surface area contributed by atoms with E-state index >= 15 is 0 Å². The number of carbonyl (C=O) groups is 1. The number of nitrogens with two attached hydrogens (primary N) is 1. The molecule has 3 N–H and O–H groups in total. The number of carbonyl (C=O) groups excluding carboxylic acids is 1. The first kappa shape index (κ1) is 13.2. The predicted molar refractivity (Wildman–Crippen MR) is 71.4 cm³/mol. The van der Waals surface area contributed by atoms with Crippen molar-refractivity contribution in [1.82, 2.24) is 0 Å². The molecule has 0 aromatic heterocycles. The monoisotopic (exact) mass is 292 g/mol. The molecule has 2 aromatic rings. The van der Waals surface area contributed by atoms with Gasteiger partial charge in [-0.2, -0.15) is 0 Å². The molecule has 0 bridgehead atoms. The van der Waals surface area contributed by atoms with Gasteiger partial charge in [-0.15, -0.1) is 0 Å². The van der Waals surface area contributed by atoms with Crippen LogP contribution < -0.4 is 20.5 Å². The summed E-state index contributed by atoms with van der Waals surface area (Å²) in [6.07, 6.45) is 0. The summed E-state index contributed by atoms with van der Waals surface area (Å²) in [5.74, 6) is -1.59. The van der Waals surface area contributed by atoms with Gasteiger partial charge in [0, 0.05) is 18.2 Å². The normalized spacial score (nSPS) is 13.1. The van der Waals surface area contributed by atoms with Crippen molar-refractivity contribution in [3.05, 3.63) is 42.0 Å². The molecule has 7 heteroatoms. The van der Waals surface area contributed by atoms with Gasteiger partial charge in [-0.05, 0) is 12.1 Å². The Morgan fingerprint density at radius 1 is 1.19 bits per heavy atom. The Balaban J connectivity index is 1.93. The van der Waals surface area contributed by atoms with E-state index in [2.05, 4.69) is 5.32 Å². The van der Waals surface area contributed by atoms with Gasteiger partial charge in [0.25, 0.3) is 5.91 Å². The van der Waals surface area contributed by atoms with E-state index in [1.807, 2.05) is 0 Å². The summed E-state index contributed by atoms with van der Waals surface area (Å²) < 4.78 is 36.6. The molecule has 1 aliphatic rings. The molecule has 1 aliphatic heterocycles. The van der Waals surface area contributed by atoms with Crippen molar-refractivity contribution >= 4 is 17.3 Å². The van der Waals surface area contributed by atoms with E-state index in [-0.39, 0.29) is 29.7 Å². The number of nitrogen functional groups attached to an aromatic ring is 1. The summed E-state index contributed by atoms with van der Waals surface area (Å²) in [5, 5.41) is 2.60. The number of ether oxygens (including phenoxy) is 2. The van der Waals surface area contributed by atoms with E-state index in [0.717, 1.165) is 12.1 Å². The number of rotatable bonds is 2. The minimum Gasteiger partial charge on any atom is -0.481 e. The molecule has 0 saturated heterocycles. The van der Waals surface area contributed by atoms with Crippen LogP contribution in [0.2, 0.25) is 0 Å². The Bertz CT molecular complexity index is 734. The second kappa shape index (κ2) is 4.93. The van der Waals surface area contributed by atoms with Crippen LogP contribution in [-0.2, 0) is 4.79 Å². The fraction of sp³-hybridized carbons (Fsp3) is 0.0714. The number of anilines is 2. The van der Waals surface area contributed by atoms with Crippen LogP contribution in [0, 0.1) is 11.6 Å². The SMILES string of the molecule is Nc1cc2c(cc1Oc1ccc(F)c(F)c1)NC(=O)CO2. The van der Waals surface area contributed by atoms with Crippen molar-refractivity contribution < 1.29 is 23.0 Å². The summed E-state index contributed by atoms with van der Waals surface area (Å²) in [4.78, 5) is 11.3. The van der Waals surface area contributed by atoms with Crippen LogP contribution in [0.3, 0.4) is 0 Å². The van der Waals surface area contributed by atoms with Crippen molar-refractivity contribution in [2.75, 3.05) is 17.7 Å². The molecule has 0 radical (unpaired) electrons. The van der Waals surface area contributed by atoms with Crippen LogP contribution in [0.4, 0.5) is 20.2 Å². The first-order chi connectivity index (χ1) is 10.0. The Kier molecular flexibility index (Phi) is 3.09. The zero-order valence-electron chi connectivity index (χ0n) is 10.7. The lowest BCUT2D eigenvalue weighted by Crippen LogP contribution is -2.25. The first-order valence-electron chi connectivity index (χ1n) is 6.02. The summed E-state index contributed by atoms with van der Waals surface area (Å²) in [7, 11) is 0. The molecule has 5 nitrogen and oxygen atoms in total. The zero-order chi connectivity index (χ0) is 15.0. The number of amides is 1. The van der Waals surface area contributed by atoms with E-state index in [9.17, 15) is 13.6 Å². The molecule has 0 unspecified atom stereocenters. The van der Waals surface area contributed by atoms with Gasteiger partial charge in [-0.1, -0.05) is 0 Å². The van der Waals surface area contributed by atoms with Gasteiger partial charge in [-0.25, -0.2) is 8.78 Å². The Morgan fingerprint density at radius 3 is 2.76 bits per heavy atom. The third kappa shape index (κ3) is 2.58. The molecule has 0 spiro atoms. The van der Waals surface area contributed by atoms with E-state index in [1.54, 1.807) is 0 Å². The van der Waals surface area contributed by atoms with Gasteiger partial charge in [-0.3, -0.25) is 4.79 Å². The topological polar surface area (TPSA) is 73.6 Å². The lowest BCUT2D eigenvalue weighted by molar-refractivity contribution is -0.118. The lowest BCUT2D eigenvalue weighted by Gasteiger charge is -2.19. The van der Waals surface area contributed by atoms with Gasteiger partial charge in [0.1, 0.15) is 11.5 Å². The molecular weight excluding hydrogens is 282 g/mol. The quantitative estimate of drug-likeness (QED) is 0.835. The second-order valence-corrected chi connectivity index (χ2v) is 4.40. The number of hydrogen-bond donors (Lipinski definition) is 2. The van der Waals surface area contributed by atoms with E-state index in [1.165, 1.54) is 18.2 Å². The number of hydrogen-bond acceptors (Lipinski definition) is 4. The Morgan fingerprint density at radius 2 is 2.00 bits per heavy atom. The zero-order valence-corrected chi connectivity index (χ0v) is 10.7. The van der Waals surface area contributed by atoms with Gasteiger partial charge < -0.3 is 20.5 Å². The van der Waals surface area contributed by atoms with Crippen LogP contribution in [0.5, 0.6) is 17.2 Å². The maximum absolute atomic E-state index is 13.1. The van der Waals surface area contributed by atoms with Crippen molar-refractivity contribution in [3.63, 3.8) is 0 Å². The van der Waals surface area contributed by atoms with Crippen molar-refractivity contribution in [1.29, 1.82) is 0 Å². The predicted octanol–water partition coefficient (Wildman–Crippen LogP) is 2.67. The van der Waals surface area contributed by atoms with E-state index < -0.39 is 11.6 Å². The van der Waals surface area contributed by atoms with Crippen molar-refractivity contribution in [3.8, 4) is 17.2 Å². The van der Waals surface area contributed by atoms with E-state index in [0.29, 0.717) is 11.4 Å². The van der Waals surface area contributed by atoms with Crippen LogP contribution >= 0.6 is 0 Å². The van der Waals surface area contributed by atoms with Crippen LogP contribution in [0.15, 0.2) is 30.3 Å². The van der Waals surface area contributed by atoms with Gasteiger partial charge >= 0.3 is 0 Å². The minimum atomic E-state index is -1.03. The summed E-state index contributed by atoms with van der Waals surface area (Å²) in [6.45, 7) is -0.0875. The highest BCUT2D eigenvalue weighted by molar-refractivity contribution is 5.96. The molecular formula is C14H10F2N2O3. The van der Waals surface area contributed by atoms with Gasteiger partial charge in [0.2, 0.25) is 0 Å². The first-order valence-corrected chi connectivity index (χ1v) is 6.02. The highest BCUT2D eigenvalue weighted by Gasteiger charge is 2.19. The van der Waals surface area contributed by atoms with Crippen molar-refractivity contribution in [2.24, 2.45) is 0 Å². The molecule has 2 aromatic carbocycles. The fourth-order valence-corrected chi connectivity index (χ4v) is 1.88. The fourth-order valence-electron chi connectivity index (χ4n) is 1.88. The number of fused-ring (bicyclic) bond motifs is 1. The second-order valence-electron chi connectivity index (χ2n) is 4.40. The number of benzene rings is 2. The third-order valence-corrected chi connectivity index (χ3v) is 2.86. The van der Waals surface area contributed by atoms with Gasteiger partial charge in [0.15, 0.2) is 24.0 Å². The smallest absolute Gasteiger partial charge is 0.262 e. The Labute approximate surface area is 118 Å². The summed E-state index contributed by atoms with van der Waals surface area (Å²) in [6, 6.07) is 6.08. The summed E-state index contributed by atoms with van der Waals surface area (Å²) in [5.41, 5.74) is 6.46. The molecule has 0 atom stereocenters. The molecule has 1 heterocycles. The lowest BCUT2D eigenvalue weighted by atomic mass is 10.2. The maximum atomic E-state index is 13.1. The van der Waals surface area contributed by atoms with E-state index in [4.69, 9.17) is 15.2 Å². The molecule has 108 valence electrons. The number of halogens is 2.